The van der Waals surface area contributed by atoms with Crippen molar-refractivity contribution in [1.82, 2.24) is 5.32 Å². The minimum absolute atomic E-state index is 0.120. The van der Waals surface area contributed by atoms with Crippen LogP contribution < -0.4 is 5.32 Å². The third-order valence-electron chi connectivity index (χ3n) is 5.35. The van der Waals surface area contributed by atoms with Crippen LogP contribution in [0.4, 0.5) is 0 Å². The van der Waals surface area contributed by atoms with Crippen LogP contribution >= 0.6 is 11.6 Å². The molecule has 3 nitrogen and oxygen atoms in total. The molecule has 0 amide bonds. The van der Waals surface area contributed by atoms with Gasteiger partial charge in [0.2, 0.25) is 0 Å². The number of halogens is 1. The van der Waals surface area contributed by atoms with Crippen LogP contribution in [0.5, 0.6) is 0 Å². The topological polar surface area (TPSA) is 46.2 Å². The number of sulfone groups is 1. The van der Waals surface area contributed by atoms with E-state index in [1.165, 1.54) is 0 Å². The summed E-state index contributed by atoms with van der Waals surface area (Å²) in [4.78, 5) is 0.398. The highest BCUT2D eigenvalue weighted by molar-refractivity contribution is 7.91. The van der Waals surface area contributed by atoms with Gasteiger partial charge in [-0.05, 0) is 42.2 Å². The van der Waals surface area contributed by atoms with Crippen LogP contribution in [-0.2, 0) is 9.84 Å². The third kappa shape index (κ3) is 3.83. The standard InChI is InChI=1S/C21H26ClNO2S/c1-3-5-13-21(4-2)15-26(24,25)19-12-11-17(22)14-18(19)20(23-21)16-9-7-6-8-10-16/h6-12,14,20,23H,3-5,13,15H2,1-2H3/t20-,21+/m0/s1. The first-order chi connectivity index (χ1) is 12.4. The summed E-state index contributed by atoms with van der Waals surface area (Å²) in [6, 6.07) is 15.0. The molecule has 0 unspecified atom stereocenters. The van der Waals surface area contributed by atoms with Crippen molar-refractivity contribution in [3.05, 3.63) is 64.7 Å². The zero-order chi connectivity index (χ0) is 18.8. The Morgan fingerprint density at radius 3 is 2.54 bits per heavy atom. The molecule has 0 bridgehead atoms. The predicted octanol–water partition coefficient (Wildman–Crippen LogP) is 5.15. The summed E-state index contributed by atoms with van der Waals surface area (Å²) in [7, 11) is -3.41. The lowest BCUT2D eigenvalue weighted by atomic mass is 9.88. The van der Waals surface area contributed by atoms with Gasteiger partial charge in [0.1, 0.15) is 0 Å². The molecular formula is C21H26ClNO2S. The number of hydrogen-bond acceptors (Lipinski definition) is 3. The van der Waals surface area contributed by atoms with Crippen molar-refractivity contribution in [2.75, 3.05) is 5.75 Å². The Kier molecular flexibility index (Phi) is 5.75. The first-order valence-electron chi connectivity index (χ1n) is 9.25. The minimum Gasteiger partial charge on any atom is -0.300 e. The summed E-state index contributed by atoms with van der Waals surface area (Å²) < 4.78 is 26.5. The Labute approximate surface area is 161 Å². The molecule has 140 valence electrons. The van der Waals surface area contributed by atoms with Crippen molar-refractivity contribution in [2.45, 2.75) is 56.0 Å². The molecule has 1 aliphatic heterocycles. The fourth-order valence-electron chi connectivity index (χ4n) is 3.84. The molecule has 2 atom stereocenters. The lowest BCUT2D eigenvalue weighted by Gasteiger charge is -2.35. The van der Waals surface area contributed by atoms with E-state index in [9.17, 15) is 8.42 Å². The summed E-state index contributed by atoms with van der Waals surface area (Å²) in [5.74, 6) is 0.120. The van der Waals surface area contributed by atoms with Crippen LogP contribution in [0.25, 0.3) is 0 Å². The summed E-state index contributed by atoms with van der Waals surface area (Å²) in [6.45, 7) is 4.21. The second-order valence-electron chi connectivity index (χ2n) is 7.17. The van der Waals surface area contributed by atoms with Crippen molar-refractivity contribution in [3.8, 4) is 0 Å². The van der Waals surface area contributed by atoms with E-state index in [1.807, 2.05) is 30.3 Å². The van der Waals surface area contributed by atoms with Crippen LogP contribution in [0.1, 0.15) is 56.7 Å². The maximum atomic E-state index is 13.2. The van der Waals surface area contributed by atoms with Crippen molar-refractivity contribution in [2.24, 2.45) is 0 Å². The number of rotatable bonds is 5. The number of hydrogen-bond donors (Lipinski definition) is 1. The normalized spacial score (nSPS) is 24.7. The van der Waals surface area contributed by atoms with Gasteiger partial charge in [-0.15, -0.1) is 0 Å². The van der Waals surface area contributed by atoms with Gasteiger partial charge in [0, 0.05) is 10.6 Å². The smallest absolute Gasteiger partial charge is 0.180 e. The van der Waals surface area contributed by atoms with Crippen molar-refractivity contribution >= 4 is 21.4 Å². The van der Waals surface area contributed by atoms with Crippen LogP contribution in [0, 0.1) is 0 Å². The Bertz CT molecular complexity index is 867. The highest BCUT2D eigenvalue weighted by Crippen LogP contribution is 2.39. The fraction of sp³-hybridized carbons (Fsp3) is 0.429. The quantitative estimate of drug-likeness (QED) is 0.767. The Balaban J connectivity index is 2.21. The van der Waals surface area contributed by atoms with Gasteiger partial charge in [0.25, 0.3) is 0 Å². The van der Waals surface area contributed by atoms with E-state index < -0.39 is 15.4 Å². The van der Waals surface area contributed by atoms with Crippen LogP contribution in [0.15, 0.2) is 53.4 Å². The molecule has 1 heterocycles. The number of fused-ring (bicyclic) bond motifs is 1. The molecule has 1 N–H and O–H groups in total. The largest absolute Gasteiger partial charge is 0.300 e. The van der Waals surface area contributed by atoms with Gasteiger partial charge in [-0.3, -0.25) is 5.32 Å². The lowest BCUT2D eigenvalue weighted by Crippen LogP contribution is -2.50. The molecule has 1 aliphatic rings. The van der Waals surface area contributed by atoms with Gasteiger partial charge >= 0.3 is 0 Å². The first kappa shape index (κ1) is 19.4. The summed E-state index contributed by atoms with van der Waals surface area (Å²) in [5.41, 5.74) is 1.36. The maximum absolute atomic E-state index is 13.2. The van der Waals surface area contributed by atoms with Crippen LogP contribution in [-0.4, -0.2) is 19.7 Å². The lowest BCUT2D eigenvalue weighted by molar-refractivity contribution is 0.295. The van der Waals surface area contributed by atoms with E-state index in [0.29, 0.717) is 9.92 Å². The zero-order valence-corrected chi connectivity index (χ0v) is 16.9. The molecule has 2 aromatic carbocycles. The van der Waals surface area contributed by atoms with Crippen LogP contribution in [0.2, 0.25) is 5.02 Å². The van der Waals surface area contributed by atoms with E-state index in [2.05, 4.69) is 19.2 Å². The van der Waals surface area contributed by atoms with Gasteiger partial charge in [0.05, 0.1) is 16.7 Å². The zero-order valence-electron chi connectivity index (χ0n) is 15.3. The number of nitrogens with one attached hydrogen (secondary N) is 1. The second-order valence-corrected chi connectivity index (χ2v) is 9.56. The van der Waals surface area contributed by atoms with Crippen LogP contribution in [0.3, 0.4) is 0 Å². The molecule has 26 heavy (non-hydrogen) atoms. The fourth-order valence-corrected chi connectivity index (χ4v) is 6.15. The first-order valence-corrected chi connectivity index (χ1v) is 11.3. The minimum atomic E-state index is -3.41. The molecular weight excluding hydrogens is 366 g/mol. The molecule has 2 aromatic rings. The Morgan fingerprint density at radius 2 is 1.88 bits per heavy atom. The molecule has 0 aromatic heterocycles. The molecule has 0 radical (unpaired) electrons. The van der Waals surface area contributed by atoms with Gasteiger partial charge in [0.15, 0.2) is 9.84 Å². The molecule has 0 aliphatic carbocycles. The van der Waals surface area contributed by atoms with Gasteiger partial charge in [-0.1, -0.05) is 68.6 Å². The second kappa shape index (κ2) is 7.71. The van der Waals surface area contributed by atoms with E-state index in [4.69, 9.17) is 11.6 Å². The Hall–Kier alpha value is -1.36. The molecule has 0 spiro atoms. The third-order valence-corrected chi connectivity index (χ3v) is 7.56. The van der Waals surface area contributed by atoms with Gasteiger partial charge in [-0.2, -0.15) is 0 Å². The molecule has 5 heteroatoms. The highest BCUT2D eigenvalue weighted by Gasteiger charge is 2.41. The van der Waals surface area contributed by atoms with E-state index >= 15 is 0 Å². The molecule has 3 rings (SSSR count). The van der Waals surface area contributed by atoms with Gasteiger partial charge < -0.3 is 0 Å². The monoisotopic (exact) mass is 391 g/mol. The number of unbranched alkanes of at least 4 members (excludes halogenated alkanes) is 1. The van der Waals surface area contributed by atoms with Crippen molar-refractivity contribution < 1.29 is 8.42 Å². The molecule has 0 saturated heterocycles. The van der Waals surface area contributed by atoms with E-state index in [0.717, 1.165) is 36.8 Å². The molecule has 0 fully saturated rings. The van der Waals surface area contributed by atoms with E-state index in [-0.39, 0.29) is 11.8 Å². The van der Waals surface area contributed by atoms with Crippen molar-refractivity contribution in [1.29, 1.82) is 0 Å². The number of benzene rings is 2. The summed E-state index contributed by atoms with van der Waals surface area (Å²) in [5, 5.41) is 4.29. The average molecular weight is 392 g/mol. The maximum Gasteiger partial charge on any atom is 0.180 e. The average Bonchev–Trinajstić information content (AvgIpc) is 2.73. The summed E-state index contributed by atoms with van der Waals surface area (Å²) >= 11 is 6.24. The summed E-state index contributed by atoms with van der Waals surface area (Å²) in [6.07, 6.45) is 3.63. The molecule has 0 saturated carbocycles. The Morgan fingerprint density at radius 1 is 1.15 bits per heavy atom. The van der Waals surface area contributed by atoms with Gasteiger partial charge in [-0.25, -0.2) is 8.42 Å². The SMILES string of the molecule is CCCC[C@]1(CC)CS(=O)(=O)c2ccc(Cl)cc2[C@H](c2ccccc2)N1. The van der Waals surface area contributed by atoms with Crippen molar-refractivity contribution in [3.63, 3.8) is 0 Å². The predicted molar refractivity (Wildman–Crippen MR) is 107 cm³/mol. The highest BCUT2D eigenvalue weighted by atomic mass is 35.5. The van der Waals surface area contributed by atoms with E-state index in [1.54, 1.807) is 18.2 Å².